The maximum absolute atomic E-state index is 11.6. The first-order valence-electron chi connectivity index (χ1n) is 6.44. The van der Waals surface area contributed by atoms with E-state index in [9.17, 15) is 4.79 Å². The van der Waals surface area contributed by atoms with E-state index in [2.05, 4.69) is 15.3 Å². The van der Waals surface area contributed by atoms with Gasteiger partial charge in [0.15, 0.2) is 0 Å². The third kappa shape index (κ3) is 2.59. The normalized spacial score (nSPS) is 19.1. The Hall–Kier alpha value is -2.12. The Labute approximate surface area is 115 Å². The smallest absolute Gasteiger partial charge is 0.258 e. The summed E-state index contributed by atoms with van der Waals surface area (Å²) in [6.07, 6.45) is 1.38. The Morgan fingerprint density at radius 3 is 3.15 bits per heavy atom. The van der Waals surface area contributed by atoms with E-state index in [1.54, 1.807) is 12.1 Å². The quantitative estimate of drug-likeness (QED) is 0.698. The summed E-state index contributed by atoms with van der Waals surface area (Å²) in [6.45, 7) is 2.41. The number of anilines is 2. The van der Waals surface area contributed by atoms with Gasteiger partial charge in [-0.2, -0.15) is 0 Å². The summed E-state index contributed by atoms with van der Waals surface area (Å²) < 4.78 is 10.9. The van der Waals surface area contributed by atoms with Crippen LogP contribution in [-0.2, 0) is 9.47 Å². The number of aromatic amines is 1. The van der Waals surface area contributed by atoms with Crippen LogP contribution in [0.25, 0.3) is 10.9 Å². The van der Waals surface area contributed by atoms with Gasteiger partial charge in [-0.1, -0.05) is 0 Å². The van der Waals surface area contributed by atoms with Crippen molar-refractivity contribution in [1.82, 2.24) is 9.97 Å². The van der Waals surface area contributed by atoms with Gasteiger partial charge >= 0.3 is 0 Å². The van der Waals surface area contributed by atoms with Crippen molar-refractivity contribution >= 4 is 22.3 Å². The molecule has 1 aromatic heterocycles. The van der Waals surface area contributed by atoms with Crippen LogP contribution < -0.4 is 16.6 Å². The van der Waals surface area contributed by atoms with Crippen LogP contribution in [0.5, 0.6) is 0 Å². The highest BCUT2D eigenvalue weighted by molar-refractivity contribution is 5.88. The number of fused-ring (bicyclic) bond motifs is 1. The fraction of sp³-hybridized carbons (Fsp3) is 0.385. The number of nitrogens with two attached hydrogens (primary N) is 1. The summed E-state index contributed by atoms with van der Waals surface area (Å²) in [7, 11) is 0. The second-order valence-electron chi connectivity index (χ2n) is 4.64. The van der Waals surface area contributed by atoms with Crippen molar-refractivity contribution in [3.8, 4) is 0 Å². The highest BCUT2D eigenvalue weighted by Crippen LogP contribution is 2.23. The number of aromatic nitrogens is 2. The molecule has 0 radical (unpaired) electrons. The first-order valence-corrected chi connectivity index (χ1v) is 6.44. The summed E-state index contributed by atoms with van der Waals surface area (Å²) in [5, 5.41) is 3.69. The number of benzene rings is 1. The van der Waals surface area contributed by atoms with Crippen molar-refractivity contribution in [3.63, 3.8) is 0 Å². The number of nitrogens with one attached hydrogen (secondary N) is 2. The lowest BCUT2D eigenvalue weighted by Gasteiger charge is -2.23. The van der Waals surface area contributed by atoms with Crippen molar-refractivity contribution in [1.29, 1.82) is 0 Å². The molecule has 1 fully saturated rings. The Balaban J connectivity index is 1.80. The van der Waals surface area contributed by atoms with E-state index < -0.39 is 0 Å². The molecule has 1 aromatic carbocycles. The fourth-order valence-electron chi connectivity index (χ4n) is 2.16. The molecule has 20 heavy (non-hydrogen) atoms. The molecule has 0 saturated carbocycles. The monoisotopic (exact) mass is 276 g/mol. The molecule has 106 valence electrons. The van der Waals surface area contributed by atoms with Gasteiger partial charge in [0.25, 0.3) is 5.56 Å². The second-order valence-corrected chi connectivity index (χ2v) is 4.64. The molecule has 2 aromatic rings. The third-order valence-electron chi connectivity index (χ3n) is 3.22. The van der Waals surface area contributed by atoms with Crippen LogP contribution in [0.1, 0.15) is 0 Å². The zero-order valence-corrected chi connectivity index (χ0v) is 10.9. The molecule has 0 amide bonds. The lowest BCUT2D eigenvalue weighted by molar-refractivity contribution is -0.0818. The largest absolute Gasteiger partial charge is 0.397 e. The zero-order valence-electron chi connectivity index (χ0n) is 10.9. The number of nitrogens with zero attached hydrogens (tertiary/aromatic N) is 1. The topological polar surface area (TPSA) is 102 Å². The predicted octanol–water partition coefficient (Wildman–Crippen LogP) is 0.333. The number of H-pyrrole nitrogens is 1. The standard InChI is InChI=1S/C13H16N4O3/c14-10-3-9-11(16-7-17-13(9)18)4-12(10)15-5-8-6-19-1-2-20-8/h3-4,7-8,15H,1-2,5-6,14H2,(H,16,17,18). The molecule has 1 aliphatic heterocycles. The molecule has 1 saturated heterocycles. The van der Waals surface area contributed by atoms with Gasteiger partial charge in [0, 0.05) is 6.54 Å². The maximum atomic E-state index is 11.6. The number of nitrogen functional groups attached to an aromatic ring is 1. The Morgan fingerprint density at radius 1 is 1.45 bits per heavy atom. The zero-order chi connectivity index (χ0) is 13.9. The van der Waals surface area contributed by atoms with E-state index >= 15 is 0 Å². The van der Waals surface area contributed by atoms with Gasteiger partial charge in [-0.3, -0.25) is 4.79 Å². The van der Waals surface area contributed by atoms with Crippen molar-refractivity contribution in [2.45, 2.75) is 6.10 Å². The van der Waals surface area contributed by atoms with E-state index in [4.69, 9.17) is 15.2 Å². The van der Waals surface area contributed by atoms with Crippen LogP contribution in [0.15, 0.2) is 23.3 Å². The SMILES string of the molecule is Nc1cc2c(=O)[nH]cnc2cc1NCC1COCCO1. The van der Waals surface area contributed by atoms with Gasteiger partial charge in [0.1, 0.15) is 0 Å². The summed E-state index contributed by atoms with van der Waals surface area (Å²) in [5.74, 6) is 0. The molecule has 1 aliphatic rings. The second kappa shape index (κ2) is 5.48. The molecule has 3 rings (SSSR count). The first-order chi connectivity index (χ1) is 9.74. The van der Waals surface area contributed by atoms with Crippen LogP contribution >= 0.6 is 0 Å². The van der Waals surface area contributed by atoms with E-state index in [1.165, 1.54) is 6.33 Å². The number of rotatable bonds is 3. The minimum absolute atomic E-state index is 0.00554. The summed E-state index contributed by atoms with van der Waals surface area (Å²) in [6, 6.07) is 3.39. The fourth-order valence-corrected chi connectivity index (χ4v) is 2.16. The average Bonchev–Trinajstić information content (AvgIpc) is 2.47. The van der Waals surface area contributed by atoms with E-state index in [0.29, 0.717) is 43.0 Å². The minimum atomic E-state index is -0.197. The molecule has 4 N–H and O–H groups in total. The molecule has 0 bridgehead atoms. The van der Waals surface area contributed by atoms with Crippen LogP contribution in [0.3, 0.4) is 0 Å². The maximum Gasteiger partial charge on any atom is 0.258 e. The highest BCUT2D eigenvalue weighted by atomic mass is 16.6. The van der Waals surface area contributed by atoms with Crippen molar-refractivity contribution < 1.29 is 9.47 Å². The molecular formula is C13H16N4O3. The lowest BCUT2D eigenvalue weighted by atomic mass is 10.2. The number of hydrogen-bond acceptors (Lipinski definition) is 6. The summed E-state index contributed by atoms with van der Waals surface area (Å²) >= 11 is 0. The van der Waals surface area contributed by atoms with Gasteiger partial charge in [-0.25, -0.2) is 4.98 Å². The molecule has 1 unspecified atom stereocenters. The lowest BCUT2D eigenvalue weighted by Crippen LogP contribution is -2.34. The average molecular weight is 276 g/mol. The molecule has 1 atom stereocenters. The van der Waals surface area contributed by atoms with E-state index in [1.807, 2.05) is 0 Å². The van der Waals surface area contributed by atoms with Crippen molar-refractivity contribution in [2.75, 3.05) is 37.4 Å². The Morgan fingerprint density at radius 2 is 2.35 bits per heavy atom. The van der Waals surface area contributed by atoms with Crippen molar-refractivity contribution in [2.24, 2.45) is 0 Å². The highest BCUT2D eigenvalue weighted by Gasteiger charge is 2.14. The molecule has 0 spiro atoms. The van der Waals surface area contributed by atoms with Crippen molar-refractivity contribution in [3.05, 3.63) is 28.8 Å². The Bertz CT molecular complexity index is 664. The van der Waals surface area contributed by atoms with Crippen LogP contribution in [0.2, 0.25) is 0 Å². The van der Waals surface area contributed by atoms with E-state index in [0.717, 1.165) is 5.69 Å². The van der Waals surface area contributed by atoms with Gasteiger partial charge in [-0.05, 0) is 12.1 Å². The van der Waals surface area contributed by atoms with Crippen LogP contribution in [0, 0.1) is 0 Å². The summed E-state index contributed by atoms with van der Waals surface area (Å²) in [4.78, 5) is 18.3. The number of hydrogen-bond donors (Lipinski definition) is 3. The van der Waals surface area contributed by atoms with Gasteiger partial charge in [0.05, 0.1) is 54.5 Å². The number of ether oxygens (including phenoxy) is 2. The summed E-state index contributed by atoms with van der Waals surface area (Å²) in [5.41, 5.74) is 7.61. The van der Waals surface area contributed by atoms with E-state index in [-0.39, 0.29) is 11.7 Å². The molecule has 7 nitrogen and oxygen atoms in total. The molecule has 2 heterocycles. The van der Waals surface area contributed by atoms with Gasteiger partial charge in [0.2, 0.25) is 0 Å². The molecule has 7 heteroatoms. The Kier molecular flexibility index (Phi) is 3.53. The molecule has 0 aliphatic carbocycles. The van der Waals surface area contributed by atoms with Gasteiger partial charge in [-0.15, -0.1) is 0 Å². The first kappa shape index (κ1) is 12.9. The van der Waals surface area contributed by atoms with Gasteiger partial charge < -0.3 is 25.5 Å². The minimum Gasteiger partial charge on any atom is -0.397 e. The predicted molar refractivity (Wildman–Crippen MR) is 75.8 cm³/mol. The third-order valence-corrected chi connectivity index (χ3v) is 3.22. The van der Waals surface area contributed by atoms with Crippen LogP contribution in [-0.4, -0.2) is 42.4 Å². The van der Waals surface area contributed by atoms with Crippen LogP contribution in [0.4, 0.5) is 11.4 Å². The molecular weight excluding hydrogens is 260 g/mol.